The number of hydrogen-bond acceptors (Lipinski definition) is 6. The highest BCUT2D eigenvalue weighted by Crippen LogP contribution is 2.23. The Morgan fingerprint density at radius 3 is 2.96 bits per heavy atom. The first-order valence-electron chi connectivity index (χ1n) is 7.07. The van der Waals surface area contributed by atoms with Gasteiger partial charge in [0.05, 0.1) is 18.1 Å². The number of rotatable bonds is 4. The van der Waals surface area contributed by atoms with Crippen molar-refractivity contribution in [3.63, 3.8) is 0 Å². The predicted molar refractivity (Wildman–Crippen MR) is 86.6 cm³/mol. The number of nitrogens with zero attached hydrogens (tertiary/aromatic N) is 5. The molecule has 9 heteroatoms. The smallest absolute Gasteiger partial charge is 0.248 e. The first kappa shape index (κ1) is 13.9. The van der Waals surface area contributed by atoms with Crippen molar-refractivity contribution in [1.82, 2.24) is 29.8 Å². The molecule has 9 nitrogen and oxygen atoms in total. The summed E-state index contributed by atoms with van der Waals surface area (Å²) in [5, 5.41) is 14.1. The van der Waals surface area contributed by atoms with Crippen LogP contribution in [0, 0.1) is 0 Å². The third kappa shape index (κ3) is 2.33. The second kappa shape index (κ2) is 5.47. The third-order valence-corrected chi connectivity index (χ3v) is 3.51. The van der Waals surface area contributed by atoms with Crippen molar-refractivity contribution >= 4 is 23.1 Å². The lowest BCUT2D eigenvalue weighted by atomic mass is 10.2. The standard InChI is InChI=1S/C15H12N8O/c16-13(24)9-2-1-3-11(4-9)22-14-15-18-8-21-23(15)12(7-17-14)10-5-19-20-6-10/h1-8H,(H2,16,24)(H,17,22)(H,19,20). The number of amides is 1. The average molecular weight is 320 g/mol. The summed E-state index contributed by atoms with van der Waals surface area (Å²) in [5.74, 6) is 0.0240. The van der Waals surface area contributed by atoms with Crippen LogP contribution in [0.4, 0.5) is 11.5 Å². The second-order valence-corrected chi connectivity index (χ2v) is 5.04. The number of carbonyl (C=O) groups excluding carboxylic acids is 1. The predicted octanol–water partition coefficient (Wildman–Crippen LogP) is 1.36. The normalized spacial score (nSPS) is 10.8. The van der Waals surface area contributed by atoms with Gasteiger partial charge in [-0.1, -0.05) is 6.07 Å². The van der Waals surface area contributed by atoms with Crippen molar-refractivity contribution in [3.05, 3.63) is 54.7 Å². The molecule has 0 bridgehead atoms. The fourth-order valence-electron chi connectivity index (χ4n) is 2.38. The molecule has 0 saturated carbocycles. The number of benzene rings is 1. The molecule has 0 spiro atoms. The molecular weight excluding hydrogens is 308 g/mol. The molecule has 0 aliphatic carbocycles. The topological polar surface area (TPSA) is 127 Å². The molecule has 118 valence electrons. The largest absolute Gasteiger partial charge is 0.366 e. The van der Waals surface area contributed by atoms with Gasteiger partial charge in [0, 0.05) is 23.0 Å². The van der Waals surface area contributed by atoms with Gasteiger partial charge in [-0.3, -0.25) is 9.89 Å². The van der Waals surface area contributed by atoms with E-state index in [-0.39, 0.29) is 0 Å². The van der Waals surface area contributed by atoms with Gasteiger partial charge >= 0.3 is 0 Å². The molecular formula is C15H12N8O. The average Bonchev–Trinajstić information content (AvgIpc) is 3.27. The molecule has 0 atom stereocenters. The highest BCUT2D eigenvalue weighted by molar-refractivity contribution is 5.94. The summed E-state index contributed by atoms with van der Waals surface area (Å²) in [5.41, 5.74) is 8.55. The van der Waals surface area contributed by atoms with E-state index >= 15 is 0 Å². The van der Waals surface area contributed by atoms with Gasteiger partial charge in [-0.25, -0.2) is 14.5 Å². The van der Waals surface area contributed by atoms with E-state index in [0.29, 0.717) is 22.7 Å². The van der Waals surface area contributed by atoms with Gasteiger partial charge < -0.3 is 11.1 Å². The Kier molecular flexibility index (Phi) is 3.16. The van der Waals surface area contributed by atoms with Gasteiger partial charge in [0.15, 0.2) is 11.5 Å². The van der Waals surface area contributed by atoms with E-state index in [0.717, 1.165) is 11.3 Å². The van der Waals surface area contributed by atoms with Gasteiger partial charge in [0.1, 0.15) is 6.33 Å². The molecule has 0 saturated heterocycles. The molecule has 3 heterocycles. The number of H-pyrrole nitrogens is 1. The maximum absolute atomic E-state index is 11.3. The zero-order valence-corrected chi connectivity index (χ0v) is 12.3. The first-order valence-corrected chi connectivity index (χ1v) is 7.07. The third-order valence-electron chi connectivity index (χ3n) is 3.51. The monoisotopic (exact) mass is 320 g/mol. The molecule has 0 aliphatic heterocycles. The van der Waals surface area contributed by atoms with E-state index in [1.54, 1.807) is 41.3 Å². The van der Waals surface area contributed by atoms with Crippen molar-refractivity contribution in [1.29, 1.82) is 0 Å². The highest BCUT2D eigenvalue weighted by Gasteiger charge is 2.12. The summed E-state index contributed by atoms with van der Waals surface area (Å²) in [7, 11) is 0. The molecule has 4 aromatic rings. The number of aromatic nitrogens is 6. The number of aromatic amines is 1. The minimum atomic E-state index is -0.491. The van der Waals surface area contributed by atoms with E-state index in [1.807, 2.05) is 6.07 Å². The van der Waals surface area contributed by atoms with Crippen molar-refractivity contribution in [3.8, 4) is 11.3 Å². The molecule has 1 aromatic carbocycles. The Morgan fingerprint density at radius 1 is 1.25 bits per heavy atom. The summed E-state index contributed by atoms with van der Waals surface area (Å²) >= 11 is 0. The number of anilines is 2. The lowest BCUT2D eigenvalue weighted by Crippen LogP contribution is -2.11. The zero-order valence-electron chi connectivity index (χ0n) is 12.3. The second-order valence-electron chi connectivity index (χ2n) is 5.04. The molecule has 3 aromatic heterocycles. The van der Waals surface area contributed by atoms with Gasteiger partial charge in [-0.2, -0.15) is 10.2 Å². The Balaban J connectivity index is 1.76. The van der Waals surface area contributed by atoms with Crippen LogP contribution in [0.1, 0.15) is 10.4 Å². The van der Waals surface area contributed by atoms with Crippen LogP contribution in [0.5, 0.6) is 0 Å². The Labute approximate surface area is 135 Å². The molecule has 0 radical (unpaired) electrons. The van der Waals surface area contributed by atoms with Gasteiger partial charge in [-0.05, 0) is 18.2 Å². The first-order chi connectivity index (χ1) is 11.7. The van der Waals surface area contributed by atoms with Crippen LogP contribution in [-0.4, -0.2) is 35.7 Å². The van der Waals surface area contributed by atoms with Gasteiger partial charge in [0.2, 0.25) is 5.91 Å². The molecule has 4 rings (SSSR count). The highest BCUT2D eigenvalue weighted by atomic mass is 16.1. The van der Waals surface area contributed by atoms with Crippen LogP contribution >= 0.6 is 0 Å². The van der Waals surface area contributed by atoms with E-state index in [9.17, 15) is 4.79 Å². The minimum Gasteiger partial charge on any atom is -0.366 e. The Bertz CT molecular complexity index is 1020. The van der Waals surface area contributed by atoms with E-state index in [4.69, 9.17) is 5.73 Å². The maximum Gasteiger partial charge on any atom is 0.248 e. The zero-order chi connectivity index (χ0) is 16.5. The molecule has 0 aliphatic rings. The Hall–Kier alpha value is -3.75. The number of fused-ring (bicyclic) bond motifs is 1. The minimum absolute atomic E-state index is 0.410. The molecule has 1 amide bonds. The van der Waals surface area contributed by atoms with Gasteiger partial charge in [-0.15, -0.1) is 0 Å². The van der Waals surface area contributed by atoms with Crippen LogP contribution in [0.2, 0.25) is 0 Å². The van der Waals surface area contributed by atoms with Crippen molar-refractivity contribution < 1.29 is 4.79 Å². The summed E-state index contributed by atoms with van der Waals surface area (Å²) in [6, 6.07) is 6.85. The number of carbonyl (C=O) groups is 1. The van der Waals surface area contributed by atoms with Crippen molar-refractivity contribution in [2.24, 2.45) is 5.73 Å². The fraction of sp³-hybridized carbons (Fsp3) is 0. The molecule has 4 N–H and O–H groups in total. The molecule has 0 fully saturated rings. The van der Waals surface area contributed by atoms with Crippen LogP contribution in [0.3, 0.4) is 0 Å². The quantitative estimate of drug-likeness (QED) is 0.521. The molecule has 24 heavy (non-hydrogen) atoms. The number of hydrogen-bond donors (Lipinski definition) is 3. The summed E-state index contributed by atoms with van der Waals surface area (Å²) in [6.45, 7) is 0. The number of nitrogens with one attached hydrogen (secondary N) is 2. The summed E-state index contributed by atoms with van der Waals surface area (Å²) in [6.07, 6.45) is 6.56. The number of primary amides is 1. The van der Waals surface area contributed by atoms with E-state index in [1.165, 1.54) is 6.33 Å². The number of nitrogens with two attached hydrogens (primary N) is 1. The fourth-order valence-corrected chi connectivity index (χ4v) is 2.38. The summed E-state index contributed by atoms with van der Waals surface area (Å²) in [4.78, 5) is 20.0. The van der Waals surface area contributed by atoms with Crippen LogP contribution in [-0.2, 0) is 0 Å². The van der Waals surface area contributed by atoms with Gasteiger partial charge in [0.25, 0.3) is 0 Å². The van der Waals surface area contributed by atoms with Crippen LogP contribution < -0.4 is 11.1 Å². The SMILES string of the molecule is NC(=O)c1cccc(Nc2ncc(-c3cn[nH]c3)n3ncnc23)c1. The lowest BCUT2D eigenvalue weighted by Gasteiger charge is -2.09. The maximum atomic E-state index is 11.3. The van der Waals surface area contributed by atoms with Crippen molar-refractivity contribution in [2.45, 2.75) is 0 Å². The Morgan fingerprint density at radius 2 is 2.17 bits per heavy atom. The van der Waals surface area contributed by atoms with Crippen molar-refractivity contribution in [2.75, 3.05) is 5.32 Å². The van der Waals surface area contributed by atoms with E-state index < -0.39 is 5.91 Å². The van der Waals surface area contributed by atoms with Crippen LogP contribution in [0.25, 0.3) is 16.9 Å². The van der Waals surface area contributed by atoms with Crippen LogP contribution in [0.15, 0.2) is 49.2 Å². The molecule has 0 unspecified atom stereocenters. The lowest BCUT2D eigenvalue weighted by molar-refractivity contribution is 0.100. The summed E-state index contributed by atoms with van der Waals surface area (Å²) < 4.78 is 1.66. The van der Waals surface area contributed by atoms with E-state index in [2.05, 4.69) is 30.6 Å².